The Balaban J connectivity index is 1.54. The van der Waals surface area contributed by atoms with Gasteiger partial charge in [0.05, 0.1) is 6.42 Å². The Kier molecular flexibility index (Phi) is 7.24. The quantitative estimate of drug-likeness (QED) is 0.574. The first-order chi connectivity index (χ1) is 16.3. The van der Waals surface area contributed by atoms with Crippen LogP contribution in [-0.4, -0.2) is 45.7 Å². The Morgan fingerprint density at radius 3 is 2.29 bits per heavy atom. The summed E-state index contributed by atoms with van der Waals surface area (Å²) in [5.41, 5.74) is 1.71. The molecule has 2 aromatic carbocycles. The smallest absolute Gasteiger partial charge is 0.305 e. The van der Waals surface area contributed by atoms with Crippen molar-refractivity contribution in [3.05, 3.63) is 69.2 Å². The SMILES string of the molecule is O=C(O)CCNC(=O)c1ccc(CN2C(=O)C(c3cc(Cl)cc(Cl)c3)=NC23CCCCC3)cc1. The molecule has 7 nitrogen and oxygen atoms in total. The second-order valence-electron chi connectivity index (χ2n) is 8.65. The summed E-state index contributed by atoms with van der Waals surface area (Å²) >= 11 is 12.4. The zero-order valence-electron chi connectivity index (χ0n) is 18.5. The number of benzene rings is 2. The first-order valence-electron chi connectivity index (χ1n) is 11.2. The summed E-state index contributed by atoms with van der Waals surface area (Å²) in [4.78, 5) is 43.2. The lowest BCUT2D eigenvalue weighted by Gasteiger charge is -2.39. The van der Waals surface area contributed by atoms with E-state index in [1.54, 1.807) is 30.3 Å². The van der Waals surface area contributed by atoms with Gasteiger partial charge in [0.2, 0.25) is 0 Å². The van der Waals surface area contributed by atoms with Gasteiger partial charge in [0.1, 0.15) is 11.4 Å². The zero-order chi connectivity index (χ0) is 24.3. The summed E-state index contributed by atoms with van der Waals surface area (Å²) < 4.78 is 0. The second kappa shape index (κ2) is 10.2. The van der Waals surface area contributed by atoms with Gasteiger partial charge in [0, 0.05) is 34.3 Å². The van der Waals surface area contributed by atoms with Crippen LogP contribution in [0.25, 0.3) is 0 Å². The summed E-state index contributed by atoms with van der Waals surface area (Å²) in [6.07, 6.45) is 4.55. The number of hydrogen-bond donors (Lipinski definition) is 2. The number of aliphatic carboxylic acids is 1. The maximum absolute atomic E-state index is 13.6. The van der Waals surface area contributed by atoms with Gasteiger partial charge in [0.15, 0.2) is 0 Å². The molecule has 1 aliphatic carbocycles. The Morgan fingerprint density at radius 2 is 1.68 bits per heavy atom. The van der Waals surface area contributed by atoms with E-state index in [9.17, 15) is 14.4 Å². The molecule has 0 unspecified atom stereocenters. The van der Waals surface area contributed by atoms with Crippen LogP contribution >= 0.6 is 23.2 Å². The molecule has 0 radical (unpaired) electrons. The Morgan fingerprint density at radius 1 is 1.03 bits per heavy atom. The normalized spacial score (nSPS) is 17.1. The minimum Gasteiger partial charge on any atom is -0.481 e. The number of carboxylic acids is 1. The standard InChI is InChI=1S/C25H25Cl2N3O4/c26-19-12-18(13-20(27)14-19)22-24(34)30(25(29-22)9-2-1-3-10-25)15-16-4-6-17(7-5-16)23(33)28-11-8-21(31)32/h4-7,12-14H,1-3,8-11,15H2,(H,28,33)(H,31,32). The number of aliphatic imine (C=N–C) groups is 1. The van der Waals surface area contributed by atoms with Crippen molar-refractivity contribution in [2.24, 2.45) is 4.99 Å². The third-order valence-corrected chi connectivity index (χ3v) is 6.68. The predicted molar refractivity (Wildman–Crippen MR) is 130 cm³/mol. The highest BCUT2D eigenvalue weighted by molar-refractivity contribution is 6.47. The van der Waals surface area contributed by atoms with E-state index in [-0.39, 0.29) is 24.8 Å². The van der Waals surface area contributed by atoms with Gasteiger partial charge < -0.3 is 15.3 Å². The highest BCUT2D eigenvalue weighted by Crippen LogP contribution is 2.41. The largest absolute Gasteiger partial charge is 0.481 e. The van der Waals surface area contributed by atoms with Crippen molar-refractivity contribution in [3.8, 4) is 0 Å². The van der Waals surface area contributed by atoms with Crippen LogP contribution in [0.4, 0.5) is 0 Å². The van der Waals surface area contributed by atoms with E-state index in [0.717, 1.165) is 37.7 Å². The molecular formula is C25H25Cl2N3O4. The zero-order valence-corrected chi connectivity index (χ0v) is 20.0. The molecule has 2 aromatic rings. The molecule has 1 aliphatic heterocycles. The molecule has 9 heteroatoms. The van der Waals surface area contributed by atoms with Crippen molar-refractivity contribution in [2.45, 2.75) is 50.7 Å². The summed E-state index contributed by atoms with van der Waals surface area (Å²) in [5.74, 6) is -1.46. The molecule has 34 heavy (non-hydrogen) atoms. The number of nitrogens with one attached hydrogen (secondary N) is 1. The molecule has 0 aromatic heterocycles. The van der Waals surface area contributed by atoms with Crippen molar-refractivity contribution in [2.75, 3.05) is 6.54 Å². The third kappa shape index (κ3) is 5.26. The average molecular weight is 502 g/mol. The fraction of sp³-hybridized carbons (Fsp3) is 0.360. The van der Waals surface area contributed by atoms with E-state index < -0.39 is 11.6 Å². The predicted octanol–water partition coefficient (Wildman–Crippen LogP) is 4.69. The van der Waals surface area contributed by atoms with E-state index in [1.165, 1.54) is 0 Å². The monoisotopic (exact) mass is 501 g/mol. The van der Waals surface area contributed by atoms with Crippen molar-refractivity contribution >= 4 is 46.7 Å². The van der Waals surface area contributed by atoms with Crippen molar-refractivity contribution in [1.29, 1.82) is 0 Å². The molecule has 0 atom stereocenters. The van der Waals surface area contributed by atoms with E-state index >= 15 is 0 Å². The number of carboxylic acid groups (broad SMARTS) is 1. The van der Waals surface area contributed by atoms with Gasteiger partial charge in [-0.2, -0.15) is 0 Å². The van der Waals surface area contributed by atoms with Gasteiger partial charge in [-0.25, -0.2) is 0 Å². The lowest BCUT2D eigenvalue weighted by Crippen LogP contribution is -2.47. The molecular weight excluding hydrogens is 477 g/mol. The van der Waals surface area contributed by atoms with Crippen molar-refractivity contribution in [3.63, 3.8) is 0 Å². The van der Waals surface area contributed by atoms with Crippen LogP contribution in [0, 0.1) is 0 Å². The minimum atomic E-state index is -0.968. The number of carbonyl (C=O) groups excluding carboxylic acids is 2. The summed E-state index contributed by atoms with van der Waals surface area (Å²) in [7, 11) is 0. The van der Waals surface area contributed by atoms with Crippen LogP contribution in [0.15, 0.2) is 47.5 Å². The van der Waals surface area contributed by atoms with Gasteiger partial charge in [-0.05, 0) is 61.6 Å². The lowest BCUT2D eigenvalue weighted by atomic mass is 9.88. The van der Waals surface area contributed by atoms with Gasteiger partial charge in [-0.1, -0.05) is 41.8 Å². The minimum absolute atomic E-state index is 0.0638. The van der Waals surface area contributed by atoms with Gasteiger partial charge >= 0.3 is 5.97 Å². The first-order valence-corrected chi connectivity index (χ1v) is 12.0. The highest BCUT2D eigenvalue weighted by atomic mass is 35.5. The second-order valence-corrected chi connectivity index (χ2v) is 9.52. The van der Waals surface area contributed by atoms with Crippen LogP contribution in [0.2, 0.25) is 10.0 Å². The molecule has 2 N–H and O–H groups in total. The molecule has 2 amide bonds. The Labute approximate surface area is 207 Å². The fourth-order valence-electron chi connectivity index (χ4n) is 4.56. The maximum atomic E-state index is 13.6. The third-order valence-electron chi connectivity index (χ3n) is 6.24. The Hall–Kier alpha value is -2.90. The fourth-order valence-corrected chi connectivity index (χ4v) is 5.09. The molecule has 0 bridgehead atoms. The molecule has 1 fully saturated rings. The van der Waals surface area contributed by atoms with Crippen LogP contribution in [-0.2, 0) is 16.1 Å². The van der Waals surface area contributed by atoms with Crippen LogP contribution in [0.5, 0.6) is 0 Å². The number of amides is 2. The summed E-state index contributed by atoms with van der Waals surface area (Å²) in [5, 5.41) is 12.2. The number of nitrogens with zero attached hydrogens (tertiary/aromatic N) is 2. The van der Waals surface area contributed by atoms with E-state index in [2.05, 4.69) is 5.32 Å². The molecule has 0 saturated heterocycles. The molecule has 1 saturated carbocycles. The van der Waals surface area contributed by atoms with E-state index in [4.69, 9.17) is 33.3 Å². The van der Waals surface area contributed by atoms with E-state index in [1.807, 2.05) is 17.0 Å². The average Bonchev–Trinajstić information content (AvgIpc) is 3.05. The van der Waals surface area contributed by atoms with Crippen LogP contribution in [0.1, 0.15) is 60.0 Å². The van der Waals surface area contributed by atoms with Crippen LogP contribution in [0.3, 0.4) is 0 Å². The number of rotatable bonds is 7. The lowest BCUT2D eigenvalue weighted by molar-refractivity contribution is -0.136. The number of halogens is 2. The molecule has 2 aliphatic rings. The first kappa shape index (κ1) is 24.2. The Bertz CT molecular complexity index is 1120. The summed E-state index contributed by atoms with van der Waals surface area (Å²) in [6, 6.07) is 12.0. The number of carbonyl (C=O) groups is 3. The molecule has 1 spiro atoms. The number of hydrogen-bond acceptors (Lipinski definition) is 4. The topological polar surface area (TPSA) is 99.1 Å². The van der Waals surface area contributed by atoms with Gasteiger partial charge in [-0.15, -0.1) is 0 Å². The van der Waals surface area contributed by atoms with Gasteiger partial charge in [-0.3, -0.25) is 19.4 Å². The molecule has 178 valence electrons. The maximum Gasteiger partial charge on any atom is 0.305 e. The molecule has 1 heterocycles. The molecule has 4 rings (SSSR count). The van der Waals surface area contributed by atoms with E-state index in [0.29, 0.717) is 33.4 Å². The highest BCUT2D eigenvalue weighted by Gasteiger charge is 2.47. The van der Waals surface area contributed by atoms with Crippen molar-refractivity contribution < 1.29 is 19.5 Å². The summed E-state index contributed by atoms with van der Waals surface area (Å²) in [6.45, 7) is 0.426. The van der Waals surface area contributed by atoms with Crippen LogP contribution < -0.4 is 5.32 Å². The van der Waals surface area contributed by atoms with Crippen molar-refractivity contribution in [1.82, 2.24) is 10.2 Å². The van der Waals surface area contributed by atoms with Gasteiger partial charge in [0.25, 0.3) is 11.8 Å².